The Balaban J connectivity index is 1.35. The Bertz CT molecular complexity index is 719. The van der Waals surface area contributed by atoms with Crippen LogP contribution in [-0.2, 0) is 0 Å². The molecule has 1 aliphatic heterocycles. The second kappa shape index (κ2) is 7.28. The molecule has 0 N–H and O–H groups in total. The van der Waals surface area contributed by atoms with Gasteiger partial charge in [0.1, 0.15) is 0 Å². The fourth-order valence-corrected chi connectivity index (χ4v) is 4.17. The van der Waals surface area contributed by atoms with Crippen molar-refractivity contribution in [1.82, 2.24) is 10.1 Å². The van der Waals surface area contributed by atoms with Gasteiger partial charge >= 0.3 is 0 Å². The van der Waals surface area contributed by atoms with Crippen molar-refractivity contribution >= 4 is 16.8 Å². The first kappa shape index (κ1) is 16.8. The number of hydrogen-bond donors (Lipinski definition) is 0. The average molecular weight is 349 g/mol. The fraction of sp³-hybridized carbons (Fsp3) is 0.632. The van der Waals surface area contributed by atoms with Gasteiger partial charge in [0.15, 0.2) is 23.0 Å². The standard InChI is InChI=1S/C19H25F2N3O/c20-16-12-15-18(13-17(16)21)25-22-19(15)24-10-8-23(9-11-24)7-6-14-4-2-1-3-5-14/h12-14H,1-11H2. The normalized spacial score (nSPS) is 20.5. The largest absolute Gasteiger partial charge is 0.354 e. The maximum absolute atomic E-state index is 13.5. The molecule has 2 fully saturated rings. The van der Waals surface area contributed by atoms with E-state index in [0.717, 1.165) is 44.7 Å². The Labute approximate surface area is 146 Å². The molecule has 0 amide bonds. The number of rotatable bonds is 4. The number of nitrogens with zero attached hydrogens (tertiary/aromatic N) is 3. The van der Waals surface area contributed by atoms with Crippen molar-refractivity contribution in [2.24, 2.45) is 5.92 Å². The molecule has 1 aromatic carbocycles. The molecule has 1 aromatic heterocycles. The first-order chi connectivity index (χ1) is 12.2. The van der Waals surface area contributed by atoms with Gasteiger partial charge in [-0.2, -0.15) is 0 Å². The van der Waals surface area contributed by atoms with E-state index in [1.54, 1.807) is 0 Å². The van der Waals surface area contributed by atoms with Crippen molar-refractivity contribution in [1.29, 1.82) is 0 Å². The Kier molecular flexibility index (Phi) is 4.88. The van der Waals surface area contributed by atoms with Crippen LogP contribution >= 0.6 is 0 Å². The lowest BCUT2D eigenvalue weighted by Gasteiger charge is -2.35. The smallest absolute Gasteiger partial charge is 0.180 e. The van der Waals surface area contributed by atoms with Gasteiger partial charge in [-0.25, -0.2) is 8.78 Å². The number of aromatic nitrogens is 1. The summed E-state index contributed by atoms with van der Waals surface area (Å²) in [5.41, 5.74) is 0.300. The van der Waals surface area contributed by atoms with Crippen LogP contribution in [0.25, 0.3) is 11.0 Å². The van der Waals surface area contributed by atoms with Gasteiger partial charge in [0.25, 0.3) is 0 Å². The molecule has 25 heavy (non-hydrogen) atoms. The van der Waals surface area contributed by atoms with E-state index in [2.05, 4.69) is 15.0 Å². The summed E-state index contributed by atoms with van der Waals surface area (Å²) in [5.74, 6) is -0.226. The summed E-state index contributed by atoms with van der Waals surface area (Å²) in [4.78, 5) is 4.62. The third kappa shape index (κ3) is 3.64. The second-order valence-electron chi connectivity index (χ2n) is 7.39. The monoisotopic (exact) mass is 349 g/mol. The zero-order chi connectivity index (χ0) is 17.2. The predicted molar refractivity (Wildman–Crippen MR) is 93.8 cm³/mol. The summed E-state index contributed by atoms with van der Waals surface area (Å²) < 4.78 is 32.0. The first-order valence-electron chi connectivity index (χ1n) is 9.42. The first-order valence-corrected chi connectivity index (χ1v) is 9.42. The molecule has 0 radical (unpaired) electrons. The number of hydrogen-bond acceptors (Lipinski definition) is 4. The van der Waals surface area contributed by atoms with Crippen LogP contribution < -0.4 is 4.90 Å². The van der Waals surface area contributed by atoms with Crippen LogP contribution in [0.3, 0.4) is 0 Å². The van der Waals surface area contributed by atoms with Gasteiger partial charge < -0.3 is 9.42 Å². The molecule has 1 aliphatic carbocycles. The molecular formula is C19H25F2N3O. The summed E-state index contributed by atoms with van der Waals surface area (Å²) in [6, 6.07) is 2.26. The molecule has 2 aliphatic rings. The zero-order valence-electron chi connectivity index (χ0n) is 14.5. The van der Waals surface area contributed by atoms with Gasteiger partial charge in [-0.3, -0.25) is 4.90 Å². The Morgan fingerprint density at radius 1 is 1.00 bits per heavy atom. The minimum absolute atomic E-state index is 0.300. The number of halogens is 2. The van der Waals surface area contributed by atoms with Crippen LogP contribution in [0.1, 0.15) is 38.5 Å². The van der Waals surface area contributed by atoms with Gasteiger partial charge in [-0.1, -0.05) is 37.3 Å². The summed E-state index contributed by atoms with van der Waals surface area (Å²) in [7, 11) is 0. The molecule has 4 nitrogen and oxygen atoms in total. The molecule has 0 atom stereocenters. The molecule has 2 aromatic rings. The van der Waals surface area contributed by atoms with Gasteiger partial charge in [0.2, 0.25) is 0 Å². The summed E-state index contributed by atoms with van der Waals surface area (Å²) >= 11 is 0. The maximum atomic E-state index is 13.5. The van der Waals surface area contributed by atoms with Crippen molar-refractivity contribution < 1.29 is 13.3 Å². The van der Waals surface area contributed by atoms with E-state index >= 15 is 0 Å². The molecule has 2 heterocycles. The third-order valence-corrected chi connectivity index (χ3v) is 5.74. The molecule has 136 valence electrons. The molecular weight excluding hydrogens is 324 g/mol. The zero-order valence-corrected chi connectivity index (χ0v) is 14.5. The molecule has 4 rings (SSSR count). The lowest BCUT2D eigenvalue weighted by Crippen LogP contribution is -2.47. The molecule has 0 spiro atoms. The highest BCUT2D eigenvalue weighted by molar-refractivity contribution is 5.88. The highest BCUT2D eigenvalue weighted by atomic mass is 19.2. The highest BCUT2D eigenvalue weighted by Gasteiger charge is 2.23. The number of fused-ring (bicyclic) bond motifs is 1. The van der Waals surface area contributed by atoms with E-state index in [4.69, 9.17) is 4.52 Å². The van der Waals surface area contributed by atoms with E-state index in [0.29, 0.717) is 16.8 Å². The van der Waals surface area contributed by atoms with Crippen LogP contribution in [0.5, 0.6) is 0 Å². The van der Waals surface area contributed by atoms with E-state index in [1.165, 1.54) is 44.6 Å². The lowest BCUT2D eigenvalue weighted by molar-refractivity contribution is 0.221. The molecule has 1 saturated carbocycles. The van der Waals surface area contributed by atoms with Gasteiger partial charge in [0.05, 0.1) is 5.39 Å². The number of benzene rings is 1. The van der Waals surface area contributed by atoms with E-state index < -0.39 is 11.6 Å². The van der Waals surface area contributed by atoms with Crippen LogP contribution in [0.4, 0.5) is 14.6 Å². The predicted octanol–water partition coefficient (Wildman–Crippen LogP) is 4.20. The summed E-state index contributed by atoms with van der Waals surface area (Å²) in [6.07, 6.45) is 8.30. The third-order valence-electron chi connectivity index (χ3n) is 5.74. The van der Waals surface area contributed by atoms with Gasteiger partial charge in [0, 0.05) is 32.2 Å². The SMILES string of the molecule is Fc1cc2onc(N3CCN(CCC4CCCCC4)CC3)c2cc1F. The average Bonchev–Trinajstić information content (AvgIpc) is 3.04. The Morgan fingerprint density at radius 3 is 2.48 bits per heavy atom. The van der Waals surface area contributed by atoms with E-state index in [1.807, 2.05) is 0 Å². The molecule has 6 heteroatoms. The van der Waals surface area contributed by atoms with E-state index in [9.17, 15) is 8.78 Å². The Morgan fingerprint density at radius 2 is 1.72 bits per heavy atom. The van der Waals surface area contributed by atoms with Crippen LogP contribution in [0, 0.1) is 17.6 Å². The molecule has 0 bridgehead atoms. The van der Waals surface area contributed by atoms with Crippen molar-refractivity contribution in [2.45, 2.75) is 38.5 Å². The minimum atomic E-state index is -0.900. The highest BCUT2D eigenvalue weighted by Crippen LogP contribution is 2.29. The number of anilines is 1. The maximum Gasteiger partial charge on any atom is 0.180 e. The van der Waals surface area contributed by atoms with Crippen LogP contribution in [-0.4, -0.2) is 42.8 Å². The van der Waals surface area contributed by atoms with Crippen LogP contribution in [0.2, 0.25) is 0 Å². The van der Waals surface area contributed by atoms with Crippen molar-refractivity contribution in [3.8, 4) is 0 Å². The van der Waals surface area contributed by atoms with Gasteiger partial charge in [-0.15, -0.1) is 0 Å². The Hall–Kier alpha value is -1.69. The molecule has 0 unspecified atom stereocenters. The fourth-order valence-electron chi connectivity index (χ4n) is 4.17. The lowest BCUT2D eigenvalue weighted by atomic mass is 9.87. The van der Waals surface area contributed by atoms with Crippen molar-refractivity contribution in [3.05, 3.63) is 23.8 Å². The van der Waals surface area contributed by atoms with Crippen LogP contribution in [0.15, 0.2) is 16.7 Å². The van der Waals surface area contributed by atoms with Crippen molar-refractivity contribution in [3.63, 3.8) is 0 Å². The van der Waals surface area contributed by atoms with Gasteiger partial charge in [-0.05, 0) is 24.9 Å². The minimum Gasteiger partial charge on any atom is -0.354 e. The second-order valence-corrected chi connectivity index (χ2v) is 7.39. The number of piperazine rings is 1. The quantitative estimate of drug-likeness (QED) is 0.828. The summed E-state index contributed by atoms with van der Waals surface area (Å²) in [6.45, 7) is 4.80. The van der Waals surface area contributed by atoms with E-state index in [-0.39, 0.29) is 0 Å². The topological polar surface area (TPSA) is 32.5 Å². The summed E-state index contributed by atoms with van der Waals surface area (Å²) in [5, 5.41) is 4.60. The van der Waals surface area contributed by atoms with Crippen molar-refractivity contribution in [2.75, 3.05) is 37.6 Å². The molecule has 1 saturated heterocycles.